The highest BCUT2D eigenvalue weighted by Gasteiger charge is 2.46. The molecule has 134 valence electrons. The number of imidazole rings is 1. The fourth-order valence-corrected chi connectivity index (χ4v) is 4.24. The van der Waals surface area contributed by atoms with Crippen molar-refractivity contribution in [3.05, 3.63) is 12.0 Å². The summed E-state index contributed by atoms with van der Waals surface area (Å²) in [5.41, 5.74) is 5.98. The van der Waals surface area contributed by atoms with Gasteiger partial charge in [-0.2, -0.15) is 0 Å². The van der Waals surface area contributed by atoms with Crippen LogP contribution in [0.25, 0.3) is 0 Å². The van der Waals surface area contributed by atoms with Crippen molar-refractivity contribution in [2.75, 3.05) is 32.2 Å². The van der Waals surface area contributed by atoms with Crippen LogP contribution in [0.2, 0.25) is 0 Å². The first-order valence-electron chi connectivity index (χ1n) is 7.51. The fraction of sp³-hybridized carbons (Fsp3) is 0.692. The Balaban J connectivity index is 1.87. The van der Waals surface area contributed by atoms with E-state index < -0.39 is 23.7 Å². The molecule has 0 bridgehead atoms. The van der Waals surface area contributed by atoms with Crippen molar-refractivity contribution < 1.29 is 24.5 Å². The Morgan fingerprint density at radius 2 is 2.25 bits per heavy atom. The average Bonchev–Trinajstić information content (AvgIpc) is 3.09. The smallest absolute Gasteiger partial charge is 0.276 e. The van der Waals surface area contributed by atoms with Crippen LogP contribution >= 0.6 is 11.8 Å². The van der Waals surface area contributed by atoms with E-state index in [-0.39, 0.29) is 23.6 Å². The second-order valence-electron chi connectivity index (χ2n) is 5.51. The fourth-order valence-electron chi connectivity index (χ4n) is 2.80. The minimum Gasteiger partial charge on any atom is -0.395 e. The van der Waals surface area contributed by atoms with Crippen LogP contribution in [0.5, 0.6) is 0 Å². The third-order valence-corrected chi connectivity index (χ3v) is 5.50. The summed E-state index contributed by atoms with van der Waals surface area (Å²) in [6.45, 7) is 0.506. The number of hydrogen-bond acceptors (Lipinski definition) is 9. The number of hydrogen-bond donors (Lipinski definition) is 5. The number of aromatic nitrogens is 2. The molecule has 0 radical (unpaired) electrons. The number of methoxy groups -OCH3 is 1. The molecule has 10 nitrogen and oxygen atoms in total. The van der Waals surface area contributed by atoms with Gasteiger partial charge in [-0.25, -0.2) is 4.98 Å². The maximum absolute atomic E-state index is 12.0. The zero-order chi connectivity index (χ0) is 17.3. The Morgan fingerprint density at radius 3 is 2.96 bits per heavy atom. The van der Waals surface area contributed by atoms with Crippen molar-refractivity contribution in [2.45, 2.75) is 29.1 Å². The predicted molar refractivity (Wildman–Crippen MR) is 86.4 cm³/mol. The molecule has 0 spiro atoms. The third-order valence-electron chi connectivity index (χ3n) is 3.95. The monoisotopic (exact) mass is 359 g/mol. The molecule has 1 aromatic heterocycles. The molecule has 6 N–H and O–H groups in total. The van der Waals surface area contributed by atoms with Gasteiger partial charge in [-0.15, -0.1) is 11.8 Å². The molecule has 11 heteroatoms. The van der Waals surface area contributed by atoms with E-state index in [4.69, 9.17) is 15.2 Å². The molecule has 2 unspecified atom stereocenters. The third kappa shape index (κ3) is 3.10. The van der Waals surface area contributed by atoms with E-state index in [0.29, 0.717) is 19.0 Å². The van der Waals surface area contributed by atoms with Gasteiger partial charge in [-0.1, -0.05) is 0 Å². The van der Waals surface area contributed by atoms with Crippen molar-refractivity contribution in [2.24, 2.45) is 5.73 Å². The van der Waals surface area contributed by atoms with Crippen LogP contribution in [0, 0.1) is 0 Å². The van der Waals surface area contributed by atoms with Gasteiger partial charge in [0.05, 0.1) is 37.5 Å². The van der Waals surface area contributed by atoms with Crippen LogP contribution in [0.15, 0.2) is 6.33 Å². The highest BCUT2D eigenvalue weighted by Crippen LogP contribution is 2.45. The quantitative estimate of drug-likeness (QED) is 0.375. The number of amides is 1. The van der Waals surface area contributed by atoms with Gasteiger partial charge in [0.2, 0.25) is 0 Å². The molecule has 3 heterocycles. The number of nitrogens with zero attached hydrogens (tertiary/aromatic N) is 2. The first-order valence-corrected chi connectivity index (χ1v) is 8.45. The highest BCUT2D eigenvalue weighted by atomic mass is 32.2. The molecule has 24 heavy (non-hydrogen) atoms. The van der Waals surface area contributed by atoms with E-state index in [9.17, 15) is 15.0 Å². The van der Waals surface area contributed by atoms with Gasteiger partial charge in [0, 0.05) is 7.11 Å². The number of carbonyl (C=O) groups excluding carboxylic acids is 1. The molecule has 2 aliphatic heterocycles. The molecule has 0 aliphatic carbocycles. The molecular weight excluding hydrogens is 338 g/mol. The van der Waals surface area contributed by atoms with Crippen LogP contribution < -0.4 is 16.4 Å². The van der Waals surface area contributed by atoms with Crippen molar-refractivity contribution in [3.63, 3.8) is 0 Å². The first kappa shape index (κ1) is 17.5. The lowest BCUT2D eigenvalue weighted by Crippen LogP contribution is -2.51. The van der Waals surface area contributed by atoms with Gasteiger partial charge in [-0.05, 0) is 0 Å². The molecule has 2 aliphatic rings. The second kappa shape index (κ2) is 7.25. The van der Waals surface area contributed by atoms with Crippen molar-refractivity contribution >= 4 is 23.5 Å². The van der Waals surface area contributed by atoms with Crippen LogP contribution in [0.1, 0.15) is 15.9 Å². The Hall–Kier alpha value is -1.37. The molecule has 1 amide bonds. The van der Waals surface area contributed by atoms with E-state index in [1.54, 1.807) is 11.7 Å². The number of ether oxygens (including phenoxy) is 2. The number of carbonyl (C=O) groups is 1. The van der Waals surface area contributed by atoms with Crippen LogP contribution in [-0.2, 0) is 9.47 Å². The number of anilines is 1. The summed E-state index contributed by atoms with van der Waals surface area (Å²) in [5, 5.41) is 24.6. The largest absolute Gasteiger partial charge is 0.395 e. The summed E-state index contributed by atoms with van der Waals surface area (Å²) in [5.74, 6) is 0.101. The van der Waals surface area contributed by atoms with Gasteiger partial charge in [-0.3, -0.25) is 10.5 Å². The summed E-state index contributed by atoms with van der Waals surface area (Å²) in [6, 6.07) is 0. The Kier molecular flexibility index (Phi) is 5.27. The van der Waals surface area contributed by atoms with Crippen LogP contribution in [0.3, 0.4) is 0 Å². The van der Waals surface area contributed by atoms with Gasteiger partial charge in [0.25, 0.3) is 5.91 Å². The lowest BCUT2D eigenvalue weighted by Gasteiger charge is -2.27. The molecule has 1 fully saturated rings. The van der Waals surface area contributed by atoms with E-state index in [2.05, 4.69) is 15.6 Å². The van der Waals surface area contributed by atoms with E-state index in [0.717, 1.165) is 0 Å². The normalized spacial score (nSPS) is 32.3. The van der Waals surface area contributed by atoms with Crippen molar-refractivity contribution in [1.82, 2.24) is 14.9 Å². The van der Waals surface area contributed by atoms with Crippen molar-refractivity contribution in [1.29, 1.82) is 0 Å². The Morgan fingerprint density at radius 1 is 1.46 bits per heavy atom. The molecule has 0 aromatic carbocycles. The summed E-state index contributed by atoms with van der Waals surface area (Å²) >= 11 is 1.36. The second-order valence-corrected chi connectivity index (χ2v) is 6.87. The standard InChI is InChI=1S/C13H21N5O5S/c1-22-2-3-23-9-8(20)6(4-19)24-12(9)18-5-15-7-10(18)16-13(14)17-11(7)21/h5-6,8-9,12-13,16,19-20H,2-4,14H2,1H3,(H,17,21)/t6-,8?,9+,12-,13?/m1/s1. The van der Waals surface area contributed by atoms with Crippen molar-refractivity contribution in [3.8, 4) is 0 Å². The molecule has 5 atom stereocenters. The first-order chi connectivity index (χ1) is 11.6. The predicted octanol–water partition coefficient (Wildman–Crippen LogP) is -1.72. The lowest BCUT2D eigenvalue weighted by atomic mass is 10.1. The number of aliphatic hydroxyl groups excluding tert-OH is 2. The lowest BCUT2D eigenvalue weighted by molar-refractivity contribution is -0.0558. The topological polar surface area (TPSA) is 144 Å². The molecule has 0 saturated carbocycles. The molecule has 1 saturated heterocycles. The summed E-state index contributed by atoms with van der Waals surface area (Å²) < 4.78 is 12.4. The van der Waals surface area contributed by atoms with E-state index in [1.807, 2.05) is 0 Å². The Labute approximate surface area is 142 Å². The van der Waals surface area contributed by atoms with Gasteiger partial charge < -0.3 is 34.9 Å². The maximum Gasteiger partial charge on any atom is 0.276 e. The number of nitrogens with two attached hydrogens (primary N) is 1. The number of nitrogens with one attached hydrogen (secondary N) is 2. The zero-order valence-corrected chi connectivity index (χ0v) is 13.9. The summed E-state index contributed by atoms with van der Waals surface area (Å²) in [4.78, 5) is 16.1. The minimum atomic E-state index is -0.856. The number of rotatable bonds is 6. The number of fused-ring (bicyclic) bond motifs is 1. The van der Waals surface area contributed by atoms with Gasteiger partial charge in [0.15, 0.2) is 12.0 Å². The minimum absolute atomic E-state index is 0.184. The van der Waals surface area contributed by atoms with Gasteiger partial charge in [0.1, 0.15) is 17.3 Å². The molecular formula is C13H21N5O5S. The highest BCUT2D eigenvalue weighted by molar-refractivity contribution is 8.00. The number of aliphatic hydroxyl groups is 2. The molecule has 3 rings (SSSR count). The summed E-state index contributed by atoms with van der Waals surface area (Å²) in [6.07, 6.45) is -0.653. The Bertz CT molecular complexity index is 599. The van der Waals surface area contributed by atoms with E-state index in [1.165, 1.54) is 18.1 Å². The van der Waals surface area contributed by atoms with E-state index >= 15 is 0 Å². The zero-order valence-electron chi connectivity index (χ0n) is 13.1. The van der Waals surface area contributed by atoms with Gasteiger partial charge >= 0.3 is 0 Å². The van der Waals surface area contributed by atoms with Crippen LogP contribution in [0.4, 0.5) is 5.82 Å². The maximum atomic E-state index is 12.0. The summed E-state index contributed by atoms with van der Waals surface area (Å²) in [7, 11) is 1.56. The molecule has 1 aromatic rings. The van der Waals surface area contributed by atoms with Crippen LogP contribution in [-0.4, -0.2) is 76.3 Å². The SMILES string of the molecule is COCCO[C@H]1C(O)[C@@H](CO)S[C@H]1n1cnc2c1NC(N)NC2=O. The average molecular weight is 359 g/mol. The number of thioether (sulfide) groups is 1.